The molecule has 1 amide bonds. The van der Waals surface area contributed by atoms with Gasteiger partial charge in [-0.3, -0.25) is 9.78 Å². The molecule has 0 atom stereocenters. The minimum Gasteiger partial charge on any atom is -0.378 e. The molecule has 2 aromatic carbocycles. The number of hydrogen-bond acceptors (Lipinski definition) is 5. The van der Waals surface area contributed by atoms with E-state index < -0.39 is 0 Å². The highest BCUT2D eigenvalue weighted by atomic mass is 16.1. The third-order valence-electron chi connectivity index (χ3n) is 3.94. The van der Waals surface area contributed by atoms with Crippen LogP contribution in [0.25, 0.3) is 0 Å². The molecule has 6 heteroatoms. The van der Waals surface area contributed by atoms with Crippen molar-refractivity contribution in [3.63, 3.8) is 0 Å². The lowest BCUT2D eigenvalue weighted by atomic mass is 10.2. The van der Waals surface area contributed by atoms with E-state index >= 15 is 0 Å². The van der Waals surface area contributed by atoms with Crippen molar-refractivity contribution in [3.8, 4) is 6.07 Å². The fraction of sp³-hybridized carbons (Fsp3) is 0.0952. The molecule has 0 fully saturated rings. The number of pyridine rings is 1. The number of rotatable bonds is 5. The van der Waals surface area contributed by atoms with Gasteiger partial charge >= 0.3 is 0 Å². The number of hydrogen-bond donors (Lipinski definition) is 2. The van der Waals surface area contributed by atoms with Crippen molar-refractivity contribution in [3.05, 3.63) is 78.1 Å². The molecule has 3 rings (SSSR count). The van der Waals surface area contributed by atoms with E-state index in [1.807, 2.05) is 43.3 Å². The van der Waals surface area contributed by atoms with Crippen molar-refractivity contribution in [1.29, 1.82) is 5.26 Å². The van der Waals surface area contributed by atoms with Gasteiger partial charge in [0, 0.05) is 37.4 Å². The summed E-state index contributed by atoms with van der Waals surface area (Å²) >= 11 is 0. The third-order valence-corrected chi connectivity index (χ3v) is 3.94. The SMILES string of the molecule is CN(C)c1ccc(NC(=O)c2cncc(Nc3ccc(C#N)cc3)c2)cc1. The predicted molar refractivity (Wildman–Crippen MR) is 107 cm³/mol. The molecule has 2 N–H and O–H groups in total. The van der Waals surface area contributed by atoms with Gasteiger partial charge in [0.15, 0.2) is 0 Å². The van der Waals surface area contributed by atoms with Crippen LogP contribution in [0.4, 0.5) is 22.7 Å². The van der Waals surface area contributed by atoms with Gasteiger partial charge in [-0.15, -0.1) is 0 Å². The van der Waals surface area contributed by atoms with Gasteiger partial charge < -0.3 is 15.5 Å². The van der Waals surface area contributed by atoms with E-state index in [9.17, 15) is 4.79 Å². The maximum atomic E-state index is 12.5. The third kappa shape index (κ3) is 4.61. The van der Waals surface area contributed by atoms with E-state index in [1.165, 1.54) is 6.20 Å². The van der Waals surface area contributed by atoms with Crippen LogP contribution in [0.5, 0.6) is 0 Å². The summed E-state index contributed by atoms with van der Waals surface area (Å²) in [5.41, 5.74) is 4.32. The van der Waals surface area contributed by atoms with E-state index in [4.69, 9.17) is 5.26 Å². The van der Waals surface area contributed by atoms with Crippen LogP contribution in [0, 0.1) is 11.3 Å². The Morgan fingerprint density at radius 2 is 1.63 bits per heavy atom. The van der Waals surface area contributed by atoms with Crippen LogP contribution in [0.2, 0.25) is 0 Å². The van der Waals surface area contributed by atoms with Crippen LogP contribution in [0.3, 0.4) is 0 Å². The fourth-order valence-electron chi connectivity index (χ4n) is 2.47. The molecule has 6 nitrogen and oxygen atoms in total. The van der Waals surface area contributed by atoms with Gasteiger partial charge in [-0.05, 0) is 54.6 Å². The van der Waals surface area contributed by atoms with Gasteiger partial charge in [0.1, 0.15) is 0 Å². The summed E-state index contributed by atoms with van der Waals surface area (Å²) in [6.07, 6.45) is 3.16. The zero-order chi connectivity index (χ0) is 19.2. The summed E-state index contributed by atoms with van der Waals surface area (Å²) in [4.78, 5) is 18.6. The second-order valence-corrected chi connectivity index (χ2v) is 6.17. The summed E-state index contributed by atoms with van der Waals surface area (Å²) in [6.45, 7) is 0. The highest BCUT2D eigenvalue weighted by molar-refractivity contribution is 6.04. The zero-order valence-electron chi connectivity index (χ0n) is 15.1. The molecule has 27 heavy (non-hydrogen) atoms. The van der Waals surface area contributed by atoms with Gasteiger partial charge in [-0.2, -0.15) is 5.26 Å². The van der Waals surface area contributed by atoms with E-state index in [-0.39, 0.29) is 5.91 Å². The molecule has 0 radical (unpaired) electrons. The molecule has 0 saturated carbocycles. The highest BCUT2D eigenvalue weighted by Gasteiger charge is 2.08. The second kappa shape index (κ2) is 8.02. The van der Waals surface area contributed by atoms with Crippen molar-refractivity contribution in [2.45, 2.75) is 0 Å². The summed E-state index contributed by atoms with van der Waals surface area (Å²) in [7, 11) is 3.93. The molecule has 0 unspecified atom stereocenters. The minimum absolute atomic E-state index is 0.233. The second-order valence-electron chi connectivity index (χ2n) is 6.17. The van der Waals surface area contributed by atoms with Crippen LogP contribution < -0.4 is 15.5 Å². The van der Waals surface area contributed by atoms with Crippen molar-refractivity contribution >= 4 is 28.7 Å². The Kier molecular flexibility index (Phi) is 5.33. The number of nitrogens with one attached hydrogen (secondary N) is 2. The smallest absolute Gasteiger partial charge is 0.257 e. The molecule has 0 spiro atoms. The molecule has 3 aromatic rings. The number of carbonyl (C=O) groups is 1. The summed E-state index contributed by atoms with van der Waals surface area (Å²) in [5.74, 6) is -0.233. The van der Waals surface area contributed by atoms with Gasteiger partial charge in [-0.1, -0.05) is 0 Å². The standard InChI is InChI=1S/C21H19N5O/c1-26(2)20-9-7-18(8-10-20)25-21(27)16-11-19(14-23-13-16)24-17-5-3-15(12-22)4-6-17/h3-11,13-14,24H,1-2H3,(H,25,27). The highest BCUT2D eigenvalue weighted by Crippen LogP contribution is 2.19. The average molecular weight is 357 g/mol. The van der Waals surface area contributed by atoms with Gasteiger partial charge in [0.25, 0.3) is 5.91 Å². The van der Waals surface area contributed by atoms with E-state index in [2.05, 4.69) is 21.7 Å². The summed E-state index contributed by atoms with van der Waals surface area (Å²) in [6, 6.07) is 18.5. The number of nitriles is 1. The number of anilines is 4. The molecule has 0 bridgehead atoms. The van der Waals surface area contributed by atoms with Crippen LogP contribution in [-0.2, 0) is 0 Å². The van der Waals surface area contributed by atoms with Gasteiger partial charge in [0.05, 0.1) is 29.1 Å². The lowest BCUT2D eigenvalue weighted by Gasteiger charge is -2.13. The Labute approximate surface area is 158 Å². The topological polar surface area (TPSA) is 81.1 Å². The lowest BCUT2D eigenvalue weighted by Crippen LogP contribution is -2.13. The number of benzene rings is 2. The number of nitrogens with zero attached hydrogens (tertiary/aromatic N) is 3. The monoisotopic (exact) mass is 357 g/mol. The Hall–Kier alpha value is -3.85. The molecular weight excluding hydrogens is 338 g/mol. The predicted octanol–water partition coefficient (Wildman–Crippen LogP) is 4.02. The van der Waals surface area contributed by atoms with E-state index in [1.54, 1.807) is 36.5 Å². The van der Waals surface area contributed by atoms with Gasteiger partial charge in [-0.25, -0.2) is 0 Å². The minimum atomic E-state index is -0.233. The zero-order valence-corrected chi connectivity index (χ0v) is 15.1. The largest absolute Gasteiger partial charge is 0.378 e. The average Bonchev–Trinajstić information content (AvgIpc) is 2.69. The number of aromatic nitrogens is 1. The molecule has 0 aliphatic rings. The molecule has 0 saturated heterocycles. The maximum Gasteiger partial charge on any atom is 0.257 e. The molecule has 1 heterocycles. The molecule has 0 aliphatic heterocycles. The van der Waals surface area contributed by atoms with Gasteiger partial charge in [0.2, 0.25) is 0 Å². The number of amides is 1. The number of carbonyl (C=O) groups excluding carboxylic acids is 1. The van der Waals surface area contributed by atoms with Crippen LogP contribution in [-0.4, -0.2) is 25.0 Å². The van der Waals surface area contributed by atoms with Crippen LogP contribution in [0.15, 0.2) is 67.0 Å². The van der Waals surface area contributed by atoms with Crippen LogP contribution in [0.1, 0.15) is 15.9 Å². The Bertz CT molecular complexity index is 973. The molecular formula is C21H19N5O. The maximum absolute atomic E-state index is 12.5. The van der Waals surface area contributed by atoms with Crippen molar-refractivity contribution in [2.24, 2.45) is 0 Å². The first-order chi connectivity index (χ1) is 13.0. The first-order valence-corrected chi connectivity index (χ1v) is 8.36. The Morgan fingerprint density at radius 3 is 2.26 bits per heavy atom. The summed E-state index contributed by atoms with van der Waals surface area (Å²) in [5, 5.41) is 14.9. The quantitative estimate of drug-likeness (QED) is 0.721. The molecule has 1 aromatic heterocycles. The normalized spacial score (nSPS) is 9.96. The molecule has 0 aliphatic carbocycles. The van der Waals surface area contributed by atoms with Crippen molar-refractivity contribution in [1.82, 2.24) is 4.98 Å². The first-order valence-electron chi connectivity index (χ1n) is 8.36. The first kappa shape index (κ1) is 18.0. The lowest BCUT2D eigenvalue weighted by molar-refractivity contribution is 0.102. The van der Waals surface area contributed by atoms with E-state index in [0.29, 0.717) is 16.8 Å². The summed E-state index contributed by atoms with van der Waals surface area (Å²) < 4.78 is 0. The van der Waals surface area contributed by atoms with Crippen molar-refractivity contribution in [2.75, 3.05) is 29.6 Å². The van der Waals surface area contributed by atoms with Crippen molar-refractivity contribution < 1.29 is 4.79 Å². The molecule has 134 valence electrons. The van der Waals surface area contributed by atoms with E-state index in [0.717, 1.165) is 17.1 Å². The van der Waals surface area contributed by atoms with Crippen LogP contribution >= 0.6 is 0 Å². The Morgan fingerprint density at radius 1 is 0.963 bits per heavy atom. The Balaban J connectivity index is 1.70. The fourth-order valence-corrected chi connectivity index (χ4v) is 2.47.